The first-order chi connectivity index (χ1) is 13.2. The molecular formula is C21H25N3O3. The van der Waals surface area contributed by atoms with Gasteiger partial charge in [-0.2, -0.15) is 0 Å². The fourth-order valence-electron chi connectivity index (χ4n) is 3.21. The highest BCUT2D eigenvalue weighted by Gasteiger charge is 2.22. The summed E-state index contributed by atoms with van der Waals surface area (Å²) in [5, 5.41) is 2.80. The van der Waals surface area contributed by atoms with Crippen LogP contribution in [0.3, 0.4) is 0 Å². The van der Waals surface area contributed by atoms with Crippen LogP contribution in [0.2, 0.25) is 0 Å². The van der Waals surface area contributed by atoms with E-state index in [2.05, 4.69) is 22.3 Å². The second kappa shape index (κ2) is 9.07. The van der Waals surface area contributed by atoms with E-state index < -0.39 is 0 Å². The molecule has 0 spiro atoms. The van der Waals surface area contributed by atoms with Crippen LogP contribution in [0.25, 0.3) is 0 Å². The van der Waals surface area contributed by atoms with Gasteiger partial charge in [0, 0.05) is 44.0 Å². The lowest BCUT2D eigenvalue weighted by Gasteiger charge is -2.36. The summed E-state index contributed by atoms with van der Waals surface area (Å²) in [6, 6.07) is 17.7. The van der Waals surface area contributed by atoms with Crippen LogP contribution in [0.1, 0.15) is 12.0 Å². The number of benzene rings is 2. The van der Waals surface area contributed by atoms with Gasteiger partial charge in [-0.3, -0.25) is 9.59 Å². The number of nitrogens with one attached hydrogen (secondary N) is 1. The Bertz CT molecular complexity index is 771. The van der Waals surface area contributed by atoms with Crippen LogP contribution >= 0.6 is 0 Å². The van der Waals surface area contributed by atoms with Crippen LogP contribution in [0.15, 0.2) is 54.6 Å². The molecule has 3 rings (SSSR count). The number of carbonyl (C=O) groups is 2. The number of hydrogen-bond acceptors (Lipinski definition) is 4. The lowest BCUT2D eigenvalue weighted by molar-refractivity contribution is -0.136. The number of rotatable bonds is 6. The maximum Gasteiger partial charge on any atom is 0.232 e. The molecule has 27 heavy (non-hydrogen) atoms. The van der Waals surface area contributed by atoms with Gasteiger partial charge in [0.1, 0.15) is 12.2 Å². The number of piperazine rings is 1. The summed E-state index contributed by atoms with van der Waals surface area (Å²) in [7, 11) is 1.60. The number of nitrogens with zero attached hydrogens (tertiary/aromatic N) is 2. The van der Waals surface area contributed by atoms with Gasteiger partial charge in [0.15, 0.2) is 0 Å². The Morgan fingerprint density at radius 1 is 0.963 bits per heavy atom. The molecule has 1 heterocycles. The van der Waals surface area contributed by atoms with Gasteiger partial charge in [-0.05, 0) is 18.2 Å². The third-order valence-corrected chi connectivity index (χ3v) is 4.73. The van der Waals surface area contributed by atoms with Crippen LogP contribution in [-0.4, -0.2) is 50.0 Å². The van der Waals surface area contributed by atoms with Crippen LogP contribution in [0.5, 0.6) is 5.75 Å². The highest BCUT2D eigenvalue weighted by atomic mass is 16.5. The Morgan fingerprint density at radius 3 is 2.33 bits per heavy atom. The number of hydrogen-bond donors (Lipinski definition) is 1. The Kier molecular flexibility index (Phi) is 6.30. The van der Waals surface area contributed by atoms with E-state index in [1.165, 1.54) is 5.69 Å². The molecule has 1 aliphatic rings. The predicted molar refractivity (Wildman–Crippen MR) is 105 cm³/mol. The van der Waals surface area contributed by atoms with Crippen molar-refractivity contribution in [1.29, 1.82) is 0 Å². The molecule has 6 nitrogen and oxygen atoms in total. The maximum absolute atomic E-state index is 12.4. The van der Waals surface area contributed by atoms with Gasteiger partial charge in [0.2, 0.25) is 11.8 Å². The number of methoxy groups -OCH3 is 1. The van der Waals surface area contributed by atoms with E-state index in [0.717, 1.165) is 24.4 Å². The van der Waals surface area contributed by atoms with Crippen LogP contribution in [0, 0.1) is 0 Å². The summed E-state index contributed by atoms with van der Waals surface area (Å²) >= 11 is 0. The largest absolute Gasteiger partial charge is 0.496 e. The number of anilines is 1. The summed E-state index contributed by atoms with van der Waals surface area (Å²) in [4.78, 5) is 28.6. The van der Waals surface area contributed by atoms with Gasteiger partial charge in [-0.25, -0.2) is 0 Å². The Hall–Kier alpha value is -3.02. The molecule has 2 aromatic carbocycles. The van der Waals surface area contributed by atoms with Gasteiger partial charge in [0.25, 0.3) is 0 Å². The monoisotopic (exact) mass is 367 g/mol. The van der Waals surface area contributed by atoms with Crippen LogP contribution in [-0.2, 0) is 16.1 Å². The molecule has 1 fully saturated rings. The van der Waals surface area contributed by atoms with Gasteiger partial charge in [0.05, 0.1) is 7.11 Å². The molecule has 2 amide bonds. The number of carbonyl (C=O) groups excluding carboxylic acids is 2. The first-order valence-electron chi connectivity index (χ1n) is 9.13. The summed E-state index contributed by atoms with van der Waals surface area (Å²) in [6.45, 7) is 3.16. The molecule has 1 N–H and O–H groups in total. The molecule has 6 heteroatoms. The average molecular weight is 367 g/mol. The predicted octanol–water partition coefficient (Wildman–Crippen LogP) is 2.05. The van der Waals surface area contributed by atoms with Crippen LogP contribution in [0.4, 0.5) is 5.69 Å². The van der Waals surface area contributed by atoms with Crippen molar-refractivity contribution in [2.24, 2.45) is 0 Å². The Morgan fingerprint density at radius 2 is 1.63 bits per heavy atom. The van der Waals surface area contributed by atoms with E-state index in [1.54, 1.807) is 12.0 Å². The highest BCUT2D eigenvalue weighted by Crippen LogP contribution is 2.17. The van der Waals surface area contributed by atoms with E-state index in [4.69, 9.17) is 4.74 Å². The summed E-state index contributed by atoms with van der Waals surface area (Å²) < 4.78 is 5.27. The van der Waals surface area contributed by atoms with E-state index >= 15 is 0 Å². The molecule has 0 unspecified atom stereocenters. The van der Waals surface area contributed by atoms with Crippen molar-refractivity contribution in [2.45, 2.75) is 13.0 Å². The first-order valence-corrected chi connectivity index (χ1v) is 9.13. The quantitative estimate of drug-likeness (QED) is 0.794. The SMILES string of the molecule is COc1ccccc1CNC(=O)CC(=O)N1CCN(c2ccccc2)CC1. The summed E-state index contributed by atoms with van der Waals surface area (Å²) in [6.07, 6.45) is -0.125. The zero-order chi connectivity index (χ0) is 19.1. The number of amides is 2. The van der Waals surface area contributed by atoms with Crippen molar-refractivity contribution in [3.05, 3.63) is 60.2 Å². The summed E-state index contributed by atoms with van der Waals surface area (Å²) in [5.74, 6) is 0.331. The van der Waals surface area contributed by atoms with E-state index in [0.29, 0.717) is 19.6 Å². The zero-order valence-corrected chi connectivity index (χ0v) is 15.6. The third-order valence-electron chi connectivity index (χ3n) is 4.73. The average Bonchev–Trinajstić information content (AvgIpc) is 2.73. The Balaban J connectivity index is 1.44. The second-order valence-corrected chi connectivity index (χ2v) is 6.47. The molecule has 0 atom stereocenters. The van der Waals surface area contributed by atoms with E-state index in [1.807, 2.05) is 42.5 Å². The van der Waals surface area contributed by atoms with Gasteiger partial charge in [-0.15, -0.1) is 0 Å². The molecule has 0 saturated carbocycles. The van der Waals surface area contributed by atoms with Crippen molar-refractivity contribution in [3.63, 3.8) is 0 Å². The van der Waals surface area contributed by atoms with Crippen molar-refractivity contribution in [3.8, 4) is 5.75 Å². The fourth-order valence-corrected chi connectivity index (χ4v) is 3.21. The molecule has 0 aromatic heterocycles. The smallest absolute Gasteiger partial charge is 0.232 e. The van der Waals surface area contributed by atoms with Gasteiger partial charge in [-0.1, -0.05) is 36.4 Å². The first kappa shape index (κ1) is 18.8. The van der Waals surface area contributed by atoms with Gasteiger partial charge < -0.3 is 19.9 Å². The lowest BCUT2D eigenvalue weighted by atomic mass is 10.2. The van der Waals surface area contributed by atoms with E-state index in [-0.39, 0.29) is 18.2 Å². The Labute approximate surface area is 159 Å². The molecule has 2 aromatic rings. The van der Waals surface area contributed by atoms with Crippen molar-refractivity contribution < 1.29 is 14.3 Å². The molecule has 1 aliphatic heterocycles. The molecule has 0 radical (unpaired) electrons. The summed E-state index contributed by atoms with van der Waals surface area (Å²) in [5.41, 5.74) is 2.05. The number of ether oxygens (including phenoxy) is 1. The molecule has 1 saturated heterocycles. The van der Waals surface area contributed by atoms with Crippen LogP contribution < -0.4 is 15.0 Å². The standard InChI is InChI=1S/C21H25N3O3/c1-27-19-10-6-5-7-17(19)16-22-20(25)15-21(26)24-13-11-23(12-14-24)18-8-3-2-4-9-18/h2-10H,11-16H2,1H3,(H,22,25). The molecule has 0 bridgehead atoms. The van der Waals surface area contributed by atoms with Crippen molar-refractivity contribution in [2.75, 3.05) is 38.2 Å². The van der Waals surface area contributed by atoms with Gasteiger partial charge >= 0.3 is 0 Å². The molecule has 0 aliphatic carbocycles. The minimum atomic E-state index is -0.267. The topological polar surface area (TPSA) is 61.9 Å². The molecular weight excluding hydrogens is 342 g/mol. The highest BCUT2D eigenvalue weighted by molar-refractivity contribution is 5.97. The zero-order valence-electron chi connectivity index (χ0n) is 15.6. The van der Waals surface area contributed by atoms with Crippen molar-refractivity contribution >= 4 is 17.5 Å². The van der Waals surface area contributed by atoms with E-state index in [9.17, 15) is 9.59 Å². The second-order valence-electron chi connectivity index (χ2n) is 6.47. The number of para-hydroxylation sites is 2. The third kappa shape index (κ3) is 5.00. The molecule has 142 valence electrons. The minimum absolute atomic E-state index is 0.125. The van der Waals surface area contributed by atoms with Crippen molar-refractivity contribution in [1.82, 2.24) is 10.2 Å². The maximum atomic E-state index is 12.4. The normalized spacial score (nSPS) is 14.0. The fraction of sp³-hybridized carbons (Fsp3) is 0.333. The minimum Gasteiger partial charge on any atom is -0.496 e. The lowest BCUT2D eigenvalue weighted by Crippen LogP contribution is -2.49.